The second-order valence-corrected chi connectivity index (χ2v) is 7.30. The molecular weight excluding hydrogens is 394 g/mol. The average molecular weight is 417 g/mol. The van der Waals surface area contributed by atoms with Gasteiger partial charge in [0.25, 0.3) is 11.8 Å². The zero-order valence-corrected chi connectivity index (χ0v) is 17.0. The maximum Gasteiger partial charge on any atom is 0.272 e. The molecule has 0 radical (unpaired) electrons. The normalized spacial score (nSPS) is 13.3. The molecular formula is C23H23N5O3. The summed E-state index contributed by atoms with van der Waals surface area (Å²) in [7, 11) is 0. The molecule has 8 heteroatoms. The molecule has 2 N–H and O–H groups in total. The molecule has 3 aromatic rings. The van der Waals surface area contributed by atoms with Gasteiger partial charge >= 0.3 is 0 Å². The summed E-state index contributed by atoms with van der Waals surface area (Å²) in [6.07, 6.45) is 0.744. The van der Waals surface area contributed by atoms with Gasteiger partial charge in [-0.25, -0.2) is 0 Å². The summed E-state index contributed by atoms with van der Waals surface area (Å²) in [5.74, 6) is -0.994. The molecule has 1 aliphatic heterocycles. The van der Waals surface area contributed by atoms with Crippen LogP contribution < -0.4 is 10.6 Å². The van der Waals surface area contributed by atoms with E-state index in [0.717, 1.165) is 12.0 Å². The van der Waals surface area contributed by atoms with Gasteiger partial charge in [-0.2, -0.15) is 5.10 Å². The Morgan fingerprint density at radius 2 is 1.68 bits per heavy atom. The predicted octanol–water partition coefficient (Wildman–Crippen LogP) is 2.30. The Kier molecular flexibility index (Phi) is 6.07. The number of fused-ring (bicyclic) bond motifs is 1. The van der Waals surface area contributed by atoms with Gasteiger partial charge in [-0.1, -0.05) is 48.5 Å². The van der Waals surface area contributed by atoms with Gasteiger partial charge in [0.15, 0.2) is 5.69 Å². The Hall–Kier alpha value is -3.94. The molecule has 1 aliphatic rings. The second kappa shape index (κ2) is 9.25. The fraction of sp³-hybridized carbons (Fsp3) is 0.217. The number of aryl methyl sites for hydroxylation is 1. The third-order valence-corrected chi connectivity index (χ3v) is 5.00. The van der Waals surface area contributed by atoms with E-state index in [1.54, 1.807) is 21.7 Å². The van der Waals surface area contributed by atoms with Crippen LogP contribution in [0.3, 0.4) is 0 Å². The first kappa shape index (κ1) is 20.3. The van der Waals surface area contributed by atoms with E-state index < -0.39 is 5.91 Å². The number of nitrogens with zero attached hydrogens (tertiary/aromatic N) is 3. The minimum atomic E-state index is -0.494. The summed E-state index contributed by atoms with van der Waals surface area (Å²) in [5, 5.41) is 9.55. The molecule has 2 heterocycles. The number of aromatic nitrogens is 2. The highest BCUT2D eigenvalue weighted by Gasteiger charge is 2.26. The van der Waals surface area contributed by atoms with Crippen molar-refractivity contribution in [1.29, 1.82) is 0 Å². The molecule has 0 saturated heterocycles. The van der Waals surface area contributed by atoms with Crippen LogP contribution >= 0.6 is 0 Å². The molecule has 0 saturated carbocycles. The molecule has 0 spiro atoms. The number of rotatable bonds is 6. The average Bonchev–Trinajstić information content (AvgIpc) is 3.16. The predicted molar refractivity (Wildman–Crippen MR) is 115 cm³/mol. The summed E-state index contributed by atoms with van der Waals surface area (Å²) >= 11 is 0. The van der Waals surface area contributed by atoms with E-state index in [-0.39, 0.29) is 24.1 Å². The van der Waals surface area contributed by atoms with Crippen LogP contribution in [0.4, 0.5) is 5.69 Å². The van der Waals surface area contributed by atoms with Crippen molar-refractivity contribution in [3.8, 4) is 0 Å². The summed E-state index contributed by atoms with van der Waals surface area (Å²) in [5.41, 5.74) is 2.20. The topological polar surface area (TPSA) is 96.3 Å². The van der Waals surface area contributed by atoms with Gasteiger partial charge in [0.05, 0.1) is 6.54 Å². The van der Waals surface area contributed by atoms with Crippen LogP contribution in [0, 0.1) is 0 Å². The highest BCUT2D eigenvalue weighted by molar-refractivity contribution is 6.00. The van der Waals surface area contributed by atoms with E-state index in [1.165, 1.54) is 6.07 Å². The maximum atomic E-state index is 13.0. The smallest absolute Gasteiger partial charge is 0.272 e. The number of para-hydroxylation sites is 1. The van der Waals surface area contributed by atoms with Crippen LogP contribution in [0.1, 0.15) is 33.0 Å². The Balaban J connectivity index is 1.39. The number of amides is 3. The first-order valence-corrected chi connectivity index (χ1v) is 10.1. The van der Waals surface area contributed by atoms with Crippen molar-refractivity contribution in [3.63, 3.8) is 0 Å². The second-order valence-electron chi connectivity index (χ2n) is 7.30. The summed E-state index contributed by atoms with van der Waals surface area (Å²) < 4.78 is 1.58. The van der Waals surface area contributed by atoms with E-state index in [0.29, 0.717) is 31.0 Å². The van der Waals surface area contributed by atoms with Crippen molar-refractivity contribution < 1.29 is 14.4 Å². The highest BCUT2D eigenvalue weighted by Crippen LogP contribution is 2.16. The number of carbonyl (C=O) groups is 3. The summed E-state index contributed by atoms with van der Waals surface area (Å²) in [6.45, 7) is 1.49. The Labute approximate surface area is 179 Å². The van der Waals surface area contributed by atoms with E-state index in [4.69, 9.17) is 0 Å². The Morgan fingerprint density at radius 3 is 2.42 bits per heavy atom. The molecule has 158 valence electrons. The molecule has 0 bridgehead atoms. The molecule has 0 aliphatic carbocycles. The lowest BCUT2D eigenvalue weighted by molar-refractivity contribution is -0.115. The molecule has 2 aromatic carbocycles. The number of carbonyl (C=O) groups excluding carboxylic acids is 3. The van der Waals surface area contributed by atoms with E-state index >= 15 is 0 Å². The summed E-state index contributed by atoms with van der Waals surface area (Å²) in [6, 6.07) is 20.3. The van der Waals surface area contributed by atoms with Crippen LogP contribution in [0.25, 0.3) is 0 Å². The first-order valence-electron chi connectivity index (χ1n) is 10.1. The number of nitrogens with one attached hydrogen (secondary N) is 2. The molecule has 0 atom stereocenters. The third kappa shape index (κ3) is 4.98. The standard InChI is InChI=1S/C23H23N5O3/c29-21(25-18-10-5-2-6-11-18)15-24-22(30)19-14-20-23(31)27(12-7-13-28(20)26-19)16-17-8-3-1-4-9-17/h1-6,8-11,14H,7,12-13,15-16H2,(H,24,30)(H,25,29). The maximum absolute atomic E-state index is 13.0. The SMILES string of the molecule is O=C(CNC(=O)c1cc2n(n1)CCCN(Cc1ccccc1)C2=O)Nc1ccccc1. The lowest BCUT2D eigenvalue weighted by atomic mass is 10.2. The van der Waals surface area contributed by atoms with Crippen LogP contribution in [0.2, 0.25) is 0 Å². The molecule has 31 heavy (non-hydrogen) atoms. The van der Waals surface area contributed by atoms with E-state index in [9.17, 15) is 14.4 Å². The fourth-order valence-corrected chi connectivity index (χ4v) is 3.48. The van der Waals surface area contributed by atoms with Gasteiger partial charge in [-0.3, -0.25) is 19.1 Å². The quantitative estimate of drug-likeness (QED) is 0.643. The number of hydrogen-bond acceptors (Lipinski definition) is 4. The van der Waals surface area contributed by atoms with Crippen molar-refractivity contribution in [2.75, 3.05) is 18.4 Å². The molecule has 1 aromatic heterocycles. The van der Waals surface area contributed by atoms with Crippen LogP contribution in [0.15, 0.2) is 66.7 Å². The van der Waals surface area contributed by atoms with E-state index in [2.05, 4.69) is 15.7 Å². The highest BCUT2D eigenvalue weighted by atomic mass is 16.2. The number of hydrogen-bond donors (Lipinski definition) is 2. The van der Waals surface area contributed by atoms with Crippen LogP contribution in [-0.2, 0) is 17.9 Å². The Bertz CT molecular complexity index is 1080. The van der Waals surface area contributed by atoms with Gasteiger partial charge in [-0.05, 0) is 24.1 Å². The van der Waals surface area contributed by atoms with Crippen LogP contribution in [-0.4, -0.2) is 45.5 Å². The van der Waals surface area contributed by atoms with Crippen molar-refractivity contribution in [2.45, 2.75) is 19.5 Å². The molecule has 3 amide bonds. The number of anilines is 1. The van der Waals surface area contributed by atoms with Crippen molar-refractivity contribution in [1.82, 2.24) is 20.0 Å². The minimum Gasteiger partial charge on any atom is -0.342 e. The molecule has 0 unspecified atom stereocenters. The van der Waals surface area contributed by atoms with Crippen molar-refractivity contribution in [2.24, 2.45) is 0 Å². The largest absolute Gasteiger partial charge is 0.342 e. The van der Waals surface area contributed by atoms with Crippen molar-refractivity contribution in [3.05, 3.63) is 83.7 Å². The number of benzene rings is 2. The molecule has 8 nitrogen and oxygen atoms in total. The van der Waals surface area contributed by atoms with Gasteiger partial charge in [0, 0.05) is 31.4 Å². The monoisotopic (exact) mass is 417 g/mol. The Morgan fingerprint density at radius 1 is 0.968 bits per heavy atom. The molecule has 4 rings (SSSR count). The minimum absolute atomic E-state index is 0.123. The summed E-state index contributed by atoms with van der Waals surface area (Å²) in [4.78, 5) is 39.3. The zero-order valence-electron chi connectivity index (χ0n) is 17.0. The lowest BCUT2D eigenvalue weighted by Gasteiger charge is -2.20. The third-order valence-electron chi connectivity index (χ3n) is 5.00. The van der Waals surface area contributed by atoms with E-state index in [1.807, 2.05) is 48.5 Å². The fourth-order valence-electron chi connectivity index (χ4n) is 3.48. The van der Waals surface area contributed by atoms with Gasteiger partial charge in [0.2, 0.25) is 5.91 Å². The zero-order chi connectivity index (χ0) is 21.6. The van der Waals surface area contributed by atoms with Gasteiger partial charge < -0.3 is 15.5 Å². The first-order chi connectivity index (χ1) is 15.1. The molecule has 0 fully saturated rings. The van der Waals surface area contributed by atoms with Crippen LogP contribution in [0.5, 0.6) is 0 Å². The van der Waals surface area contributed by atoms with Gasteiger partial charge in [-0.15, -0.1) is 0 Å². The van der Waals surface area contributed by atoms with Crippen molar-refractivity contribution >= 4 is 23.4 Å². The lowest BCUT2D eigenvalue weighted by Crippen LogP contribution is -2.33. The van der Waals surface area contributed by atoms with Gasteiger partial charge in [0.1, 0.15) is 5.69 Å².